The fraction of sp³-hybridized carbons (Fsp3) is 0.154. The second-order valence-electron chi connectivity index (χ2n) is 7.41. The Kier molecular flexibility index (Phi) is 5.96. The standard InChI is InChI=1S/C26H23NO3S/c1-17-13-14-21(18(2)15-17)27-25(28)23(20-11-7-8-12-22(20)30-3)24(26(27)29)31-16-19-9-5-4-6-10-19/h4-15H,16H2,1-3H3. The van der Waals surface area contributed by atoms with Gasteiger partial charge in [0.05, 0.1) is 23.3 Å². The number of anilines is 1. The van der Waals surface area contributed by atoms with E-state index in [1.807, 2.05) is 80.6 Å². The minimum Gasteiger partial charge on any atom is -0.496 e. The van der Waals surface area contributed by atoms with Gasteiger partial charge in [-0.25, -0.2) is 4.90 Å². The lowest BCUT2D eigenvalue weighted by Crippen LogP contribution is -2.32. The molecule has 1 aliphatic heterocycles. The van der Waals surface area contributed by atoms with Crippen LogP contribution in [0.3, 0.4) is 0 Å². The normalized spacial score (nSPS) is 13.8. The molecule has 156 valence electrons. The number of imide groups is 1. The number of nitrogens with zero attached hydrogens (tertiary/aromatic N) is 1. The Hall–Kier alpha value is -3.31. The number of carbonyl (C=O) groups is 2. The molecule has 3 aromatic rings. The summed E-state index contributed by atoms with van der Waals surface area (Å²) in [6, 6.07) is 23.0. The van der Waals surface area contributed by atoms with Gasteiger partial charge in [-0.05, 0) is 37.1 Å². The first kappa shape index (κ1) is 20.9. The van der Waals surface area contributed by atoms with Crippen LogP contribution in [0.1, 0.15) is 22.3 Å². The number of carbonyl (C=O) groups excluding carboxylic acids is 2. The van der Waals surface area contributed by atoms with Crippen LogP contribution >= 0.6 is 11.8 Å². The smallest absolute Gasteiger partial charge is 0.272 e. The van der Waals surface area contributed by atoms with Crippen molar-refractivity contribution in [1.82, 2.24) is 0 Å². The molecule has 0 radical (unpaired) electrons. The largest absolute Gasteiger partial charge is 0.496 e. The van der Waals surface area contributed by atoms with Crippen LogP contribution in [0.2, 0.25) is 0 Å². The number of hydrogen-bond acceptors (Lipinski definition) is 4. The lowest BCUT2D eigenvalue weighted by molar-refractivity contribution is -0.119. The van der Waals surface area contributed by atoms with Crippen molar-refractivity contribution in [3.8, 4) is 5.75 Å². The Balaban J connectivity index is 1.80. The van der Waals surface area contributed by atoms with Gasteiger partial charge in [0.25, 0.3) is 11.8 Å². The highest BCUT2D eigenvalue weighted by Crippen LogP contribution is 2.42. The van der Waals surface area contributed by atoms with Crippen molar-refractivity contribution in [2.75, 3.05) is 12.0 Å². The fourth-order valence-electron chi connectivity index (χ4n) is 3.74. The number of para-hydroxylation sites is 1. The maximum Gasteiger partial charge on any atom is 0.272 e. The third-order valence-corrected chi connectivity index (χ3v) is 6.38. The van der Waals surface area contributed by atoms with Gasteiger partial charge < -0.3 is 4.74 Å². The Morgan fingerprint density at radius 1 is 0.871 bits per heavy atom. The van der Waals surface area contributed by atoms with Crippen LogP contribution < -0.4 is 9.64 Å². The minimum atomic E-state index is -0.322. The maximum atomic E-state index is 13.6. The fourth-order valence-corrected chi connectivity index (χ4v) is 4.80. The Labute approximate surface area is 186 Å². The van der Waals surface area contributed by atoms with E-state index in [1.54, 1.807) is 13.2 Å². The highest BCUT2D eigenvalue weighted by molar-refractivity contribution is 8.03. The van der Waals surface area contributed by atoms with E-state index in [-0.39, 0.29) is 11.8 Å². The van der Waals surface area contributed by atoms with E-state index in [0.717, 1.165) is 16.7 Å². The summed E-state index contributed by atoms with van der Waals surface area (Å²) in [4.78, 5) is 28.9. The summed E-state index contributed by atoms with van der Waals surface area (Å²) in [5.41, 5.74) is 4.69. The van der Waals surface area contributed by atoms with Crippen molar-refractivity contribution in [2.24, 2.45) is 0 Å². The summed E-state index contributed by atoms with van der Waals surface area (Å²) < 4.78 is 5.51. The molecule has 0 fully saturated rings. The van der Waals surface area contributed by atoms with Gasteiger partial charge in [-0.1, -0.05) is 66.2 Å². The molecule has 0 N–H and O–H groups in total. The zero-order chi connectivity index (χ0) is 22.0. The van der Waals surface area contributed by atoms with Crippen molar-refractivity contribution >= 4 is 34.8 Å². The third kappa shape index (κ3) is 4.01. The number of ether oxygens (including phenoxy) is 1. The molecule has 0 atom stereocenters. The van der Waals surface area contributed by atoms with Crippen LogP contribution in [0.25, 0.3) is 5.57 Å². The molecule has 2 amide bonds. The SMILES string of the molecule is COc1ccccc1C1=C(SCc2ccccc2)C(=O)N(c2ccc(C)cc2C)C1=O. The molecule has 0 aliphatic carbocycles. The molecule has 0 aromatic heterocycles. The number of hydrogen-bond donors (Lipinski definition) is 0. The summed E-state index contributed by atoms with van der Waals surface area (Å²) >= 11 is 1.39. The molecule has 0 spiro atoms. The predicted molar refractivity (Wildman–Crippen MR) is 126 cm³/mol. The molecule has 0 saturated heterocycles. The van der Waals surface area contributed by atoms with Crippen LogP contribution in [0.5, 0.6) is 5.75 Å². The van der Waals surface area contributed by atoms with E-state index in [1.165, 1.54) is 16.7 Å². The van der Waals surface area contributed by atoms with Crippen LogP contribution in [0.15, 0.2) is 77.7 Å². The van der Waals surface area contributed by atoms with E-state index in [9.17, 15) is 9.59 Å². The van der Waals surface area contributed by atoms with Crippen molar-refractivity contribution in [3.05, 3.63) is 100.0 Å². The van der Waals surface area contributed by atoms with E-state index >= 15 is 0 Å². The number of rotatable bonds is 6. The van der Waals surface area contributed by atoms with Gasteiger partial charge in [0.1, 0.15) is 5.75 Å². The first-order valence-corrected chi connectivity index (χ1v) is 11.0. The Morgan fingerprint density at radius 3 is 2.29 bits per heavy atom. The molecule has 0 bridgehead atoms. The molecular formula is C26H23NO3S. The third-order valence-electron chi connectivity index (χ3n) is 5.24. The van der Waals surface area contributed by atoms with Gasteiger partial charge in [0, 0.05) is 11.3 Å². The van der Waals surface area contributed by atoms with Gasteiger partial charge >= 0.3 is 0 Å². The molecule has 0 saturated carbocycles. The summed E-state index contributed by atoms with van der Waals surface area (Å²) in [7, 11) is 1.57. The molecule has 5 heteroatoms. The van der Waals surface area contributed by atoms with Crippen LogP contribution in [-0.2, 0) is 15.3 Å². The summed E-state index contributed by atoms with van der Waals surface area (Å²) in [5, 5.41) is 0. The number of aryl methyl sites for hydroxylation is 2. The minimum absolute atomic E-state index is 0.293. The average molecular weight is 430 g/mol. The lowest BCUT2D eigenvalue weighted by Gasteiger charge is -2.18. The zero-order valence-corrected chi connectivity index (χ0v) is 18.5. The van der Waals surface area contributed by atoms with E-state index in [0.29, 0.717) is 33.2 Å². The zero-order valence-electron chi connectivity index (χ0n) is 17.7. The molecular weight excluding hydrogens is 406 g/mol. The quantitative estimate of drug-likeness (QED) is 0.484. The van der Waals surface area contributed by atoms with Crippen LogP contribution in [0.4, 0.5) is 5.69 Å². The molecule has 31 heavy (non-hydrogen) atoms. The summed E-state index contributed by atoms with van der Waals surface area (Å²) in [5.74, 6) is 0.545. The predicted octanol–water partition coefficient (Wildman–Crippen LogP) is 5.53. The first-order valence-electron chi connectivity index (χ1n) is 10.0. The Morgan fingerprint density at radius 2 is 1.58 bits per heavy atom. The van der Waals surface area contributed by atoms with E-state index in [4.69, 9.17) is 4.74 Å². The molecule has 0 unspecified atom stereocenters. The van der Waals surface area contributed by atoms with Crippen molar-refractivity contribution in [3.63, 3.8) is 0 Å². The van der Waals surface area contributed by atoms with Crippen LogP contribution in [-0.4, -0.2) is 18.9 Å². The number of thioether (sulfide) groups is 1. The number of amides is 2. The van der Waals surface area contributed by atoms with Crippen molar-refractivity contribution in [1.29, 1.82) is 0 Å². The lowest BCUT2D eigenvalue weighted by atomic mass is 10.0. The molecule has 4 rings (SSSR count). The van der Waals surface area contributed by atoms with Crippen molar-refractivity contribution < 1.29 is 14.3 Å². The highest BCUT2D eigenvalue weighted by Gasteiger charge is 2.41. The summed E-state index contributed by atoms with van der Waals surface area (Å²) in [6.07, 6.45) is 0. The van der Waals surface area contributed by atoms with E-state index in [2.05, 4.69) is 0 Å². The first-order chi connectivity index (χ1) is 15.0. The highest BCUT2D eigenvalue weighted by atomic mass is 32.2. The second kappa shape index (κ2) is 8.82. The Bertz CT molecular complexity index is 1180. The van der Waals surface area contributed by atoms with E-state index < -0.39 is 0 Å². The molecule has 4 nitrogen and oxygen atoms in total. The van der Waals surface area contributed by atoms with Gasteiger partial charge in [-0.2, -0.15) is 0 Å². The summed E-state index contributed by atoms with van der Waals surface area (Å²) in [6.45, 7) is 3.91. The van der Waals surface area contributed by atoms with Gasteiger partial charge in [0.15, 0.2) is 0 Å². The second-order valence-corrected chi connectivity index (χ2v) is 8.40. The maximum absolute atomic E-state index is 13.6. The van der Waals surface area contributed by atoms with Gasteiger partial charge in [-0.3, -0.25) is 9.59 Å². The molecule has 3 aromatic carbocycles. The van der Waals surface area contributed by atoms with Crippen LogP contribution in [0, 0.1) is 13.8 Å². The molecule has 1 heterocycles. The van der Waals surface area contributed by atoms with Crippen molar-refractivity contribution in [2.45, 2.75) is 19.6 Å². The number of methoxy groups -OCH3 is 1. The molecule has 1 aliphatic rings. The monoisotopic (exact) mass is 429 g/mol. The van der Waals surface area contributed by atoms with Gasteiger partial charge in [-0.15, -0.1) is 11.8 Å². The topological polar surface area (TPSA) is 46.6 Å². The average Bonchev–Trinajstić information content (AvgIpc) is 3.02. The number of benzene rings is 3. The van der Waals surface area contributed by atoms with Gasteiger partial charge in [0.2, 0.25) is 0 Å².